The lowest BCUT2D eigenvalue weighted by Crippen LogP contribution is -2.55. The quantitative estimate of drug-likeness (QED) is 0.710. The Labute approximate surface area is 138 Å². The van der Waals surface area contributed by atoms with Crippen LogP contribution in [0.5, 0.6) is 0 Å². The number of anilines is 2. The highest BCUT2D eigenvalue weighted by atomic mass is 16.2. The monoisotopic (exact) mass is 320 g/mol. The van der Waals surface area contributed by atoms with Crippen LogP contribution in [0.1, 0.15) is 20.3 Å². The molecule has 1 aromatic carbocycles. The largest absolute Gasteiger partial charge is 0.364 e. The minimum atomic E-state index is -0.277. The molecule has 0 bridgehead atoms. The molecule has 0 saturated carbocycles. The summed E-state index contributed by atoms with van der Waals surface area (Å²) in [6.07, 6.45) is 1.16. The number of hydrogen-bond acceptors (Lipinski definition) is 6. The molecule has 2 heterocycles. The van der Waals surface area contributed by atoms with E-state index in [0.29, 0.717) is 11.4 Å². The van der Waals surface area contributed by atoms with E-state index in [0.717, 1.165) is 71.9 Å². The summed E-state index contributed by atoms with van der Waals surface area (Å²) in [5, 5.41) is 0. The van der Waals surface area contributed by atoms with Crippen LogP contribution in [0.25, 0.3) is 0 Å². The van der Waals surface area contributed by atoms with Crippen molar-refractivity contribution in [3.8, 4) is 0 Å². The van der Waals surface area contributed by atoms with E-state index < -0.39 is 0 Å². The average molecular weight is 320 g/mol. The van der Waals surface area contributed by atoms with E-state index >= 15 is 0 Å². The SMILES string of the molecule is CCCN1CCN(c2c(N3CCN(CC)CC3)c(=O)c2=O)CC1. The predicted molar refractivity (Wildman–Crippen MR) is 94.6 cm³/mol. The smallest absolute Gasteiger partial charge is 0.253 e. The molecule has 0 amide bonds. The van der Waals surface area contributed by atoms with Gasteiger partial charge in [-0.05, 0) is 19.5 Å². The minimum Gasteiger partial charge on any atom is -0.364 e. The Bertz CT molecular complexity index is 592. The third kappa shape index (κ3) is 3.15. The summed E-state index contributed by atoms with van der Waals surface area (Å²) in [5.74, 6) is 0. The first kappa shape index (κ1) is 16.5. The maximum Gasteiger partial charge on any atom is 0.253 e. The fraction of sp³-hybridized carbons (Fsp3) is 0.765. The van der Waals surface area contributed by atoms with Gasteiger partial charge >= 0.3 is 0 Å². The fourth-order valence-electron chi connectivity index (χ4n) is 3.75. The van der Waals surface area contributed by atoms with Crippen molar-refractivity contribution < 1.29 is 0 Å². The van der Waals surface area contributed by atoms with E-state index in [1.165, 1.54) is 0 Å². The molecular weight excluding hydrogens is 292 g/mol. The number of likely N-dealkylation sites (N-methyl/N-ethyl adjacent to an activating group) is 1. The van der Waals surface area contributed by atoms with Crippen LogP contribution in [0.2, 0.25) is 0 Å². The lowest BCUT2D eigenvalue weighted by atomic mass is 10.1. The zero-order valence-corrected chi connectivity index (χ0v) is 14.4. The van der Waals surface area contributed by atoms with Gasteiger partial charge in [0.1, 0.15) is 11.4 Å². The molecule has 2 aliphatic rings. The van der Waals surface area contributed by atoms with Gasteiger partial charge in [-0.3, -0.25) is 14.5 Å². The van der Waals surface area contributed by atoms with Crippen LogP contribution in [0.4, 0.5) is 11.4 Å². The summed E-state index contributed by atoms with van der Waals surface area (Å²) in [6.45, 7) is 13.8. The van der Waals surface area contributed by atoms with Gasteiger partial charge in [0, 0.05) is 52.4 Å². The molecule has 2 saturated heterocycles. The van der Waals surface area contributed by atoms with Gasteiger partial charge in [0.15, 0.2) is 0 Å². The molecule has 23 heavy (non-hydrogen) atoms. The van der Waals surface area contributed by atoms with Crippen molar-refractivity contribution in [2.24, 2.45) is 0 Å². The molecule has 1 aromatic rings. The molecule has 0 unspecified atom stereocenters. The first-order valence-electron chi connectivity index (χ1n) is 8.93. The van der Waals surface area contributed by atoms with Crippen LogP contribution in [0, 0.1) is 0 Å². The van der Waals surface area contributed by atoms with Crippen molar-refractivity contribution in [2.75, 3.05) is 75.2 Å². The average Bonchev–Trinajstić information content (AvgIpc) is 2.60. The maximum absolute atomic E-state index is 12.1. The van der Waals surface area contributed by atoms with Crippen molar-refractivity contribution in [2.45, 2.75) is 20.3 Å². The van der Waals surface area contributed by atoms with Crippen LogP contribution in [-0.4, -0.2) is 75.2 Å². The Morgan fingerprint density at radius 3 is 1.52 bits per heavy atom. The van der Waals surface area contributed by atoms with Crippen LogP contribution < -0.4 is 20.7 Å². The lowest BCUT2D eigenvalue weighted by molar-refractivity contribution is 0.257. The van der Waals surface area contributed by atoms with Gasteiger partial charge in [0.05, 0.1) is 0 Å². The van der Waals surface area contributed by atoms with Crippen LogP contribution in [-0.2, 0) is 0 Å². The second-order valence-electron chi connectivity index (χ2n) is 6.61. The summed E-state index contributed by atoms with van der Waals surface area (Å²) >= 11 is 0. The molecule has 128 valence electrons. The molecule has 0 spiro atoms. The van der Waals surface area contributed by atoms with Gasteiger partial charge in [0.2, 0.25) is 0 Å². The number of rotatable bonds is 5. The highest BCUT2D eigenvalue weighted by Crippen LogP contribution is 2.26. The summed E-state index contributed by atoms with van der Waals surface area (Å²) in [7, 11) is 0. The first-order chi connectivity index (χ1) is 11.2. The van der Waals surface area contributed by atoms with Crippen LogP contribution in [0.15, 0.2) is 9.59 Å². The molecule has 2 aliphatic heterocycles. The molecule has 0 aromatic heterocycles. The Kier molecular flexibility index (Phi) is 5.02. The number of nitrogens with zero attached hydrogens (tertiary/aromatic N) is 4. The minimum absolute atomic E-state index is 0.276. The summed E-state index contributed by atoms with van der Waals surface area (Å²) in [6, 6.07) is 0. The number of hydrogen-bond donors (Lipinski definition) is 0. The highest BCUT2D eigenvalue weighted by molar-refractivity contribution is 5.76. The van der Waals surface area contributed by atoms with Crippen molar-refractivity contribution in [3.05, 3.63) is 20.4 Å². The van der Waals surface area contributed by atoms with Gasteiger partial charge in [-0.1, -0.05) is 13.8 Å². The molecule has 0 atom stereocenters. The Morgan fingerprint density at radius 1 is 0.696 bits per heavy atom. The summed E-state index contributed by atoms with van der Waals surface area (Å²) in [4.78, 5) is 33.4. The molecule has 3 rings (SSSR count). The van der Waals surface area contributed by atoms with E-state index in [1.54, 1.807) is 0 Å². The van der Waals surface area contributed by atoms with Crippen molar-refractivity contribution in [3.63, 3.8) is 0 Å². The summed E-state index contributed by atoms with van der Waals surface area (Å²) in [5.41, 5.74) is 0.827. The molecule has 0 N–H and O–H groups in total. The Balaban J connectivity index is 1.69. The maximum atomic E-state index is 12.1. The summed E-state index contributed by atoms with van der Waals surface area (Å²) < 4.78 is 0. The van der Waals surface area contributed by atoms with Crippen molar-refractivity contribution >= 4 is 11.4 Å². The van der Waals surface area contributed by atoms with Crippen molar-refractivity contribution in [1.82, 2.24) is 9.80 Å². The van der Waals surface area contributed by atoms with Gasteiger partial charge in [-0.25, -0.2) is 0 Å². The van der Waals surface area contributed by atoms with Gasteiger partial charge in [-0.2, -0.15) is 0 Å². The standard InChI is InChI=1S/C17H28N4O2/c1-3-5-19-8-12-21(13-9-19)15-14(16(22)17(15)23)20-10-6-18(4-2)7-11-20/h3-13H2,1-2H3. The lowest BCUT2D eigenvalue weighted by Gasteiger charge is -2.40. The topological polar surface area (TPSA) is 47.1 Å². The zero-order valence-electron chi connectivity index (χ0n) is 14.4. The molecule has 2 fully saturated rings. The number of piperazine rings is 2. The third-order valence-corrected chi connectivity index (χ3v) is 5.22. The first-order valence-corrected chi connectivity index (χ1v) is 8.93. The van der Waals surface area contributed by atoms with E-state index in [1.807, 2.05) is 0 Å². The normalized spacial score (nSPS) is 21.3. The zero-order chi connectivity index (χ0) is 16.4. The highest BCUT2D eigenvalue weighted by Gasteiger charge is 2.32. The van der Waals surface area contributed by atoms with Gasteiger partial charge < -0.3 is 14.7 Å². The van der Waals surface area contributed by atoms with E-state index in [2.05, 4.69) is 33.4 Å². The van der Waals surface area contributed by atoms with Gasteiger partial charge in [0.25, 0.3) is 10.9 Å². The van der Waals surface area contributed by atoms with Crippen molar-refractivity contribution in [1.29, 1.82) is 0 Å². The molecular formula is C17H28N4O2. The fourth-order valence-corrected chi connectivity index (χ4v) is 3.75. The van der Waals surface area contributed by atoms with Crippen LogP contribution in [0.3, 0.4) is 0 Å². The third-order valence-electron chi connectivity index (χ3n) is 5.22. The van der Waals surface area contributed by atoms with E-state index in [9.17, 15) is 9.59 Å². The van der Waals surface area contributed by atoms with Crippen LogP contribution >= 0.6 is 0 Å². The van der Waals surface area contributed by atoms with Gasteiger partial charge in [-0.15, -0.1) is 0 Å². The molecule has 0 radical (unpaired) electrons. The molecule has 6 heteroatoms. The Morgan fingerprint density at radius 2 is 1.13 bits per heavy atom. The van der Waals surface area contributed by atoms with E-state index in [4.69, 9.17) is 0 Å². The second kappa shape index (κ2) is 7.01. The van der Waals surface area contributed by atoms with E-state index in [-0.39, 0.29) is 10.9 Å². The second-order valence-corrected chi connectivity index (χ2v) is 6.61. The Hall–Kier alpha value is -1.40. The molecule has 6 nitrogen and oxygen atoms in total. The molecule has 0 aliphatic carbocycles. The predicted octanol–water partition coefficient (Wildman–Crippen LogP) is -0.0435.